The van der Waals surface area contributed by atoms with Gasteiger partial charge in [0, 0.05) is 17.3 Å². The fourth-order valence-electron chi connectivity index (χ4n) is 2.77. The quantitative estimate of drug-likeness (QED) is 0.839. The molecule has 1 aromatic carbocycles. The first-order valence-electron chi connectivity index (χ1n) is 7.94. The molecule has 1 fully saturated rings. The summed E-state index contributed by atoms with van der Waals surface area (Å²) < 4.78 is 5.08. The predicted octanol–water partition coefficient (Wildman–Crippen LogP) is 2.86. The number of nitrogens with one attached hydrogen (secondary N) is 1. The van der Waals surface area contributed by atoms with Crippen molar-refractivity contribution in [1.82, 2.24) is 4.90 Å². The summed E-state index contributed by atoms with van der Waals surface area (Å²) in [5.41, 5.74) is 1.69. The second-order valence-electron chi connectivity index (χ2n) is 5.83. The van der Waals surface area contributed by atoms with Gasteiger partial charge in [0.05, 0.1) is 19.1 Å². The Kier molecular flexibility index (Phi) is 6.42. The first kappa shape index (κ1) is 17.8. The van der Waals surface area contributed by atoms with Crippen LogP contribution in [0.4, 0.5) is 5.69 Å². The molecule has 0 spiro atoms. The van der Waals surface area contributed by atoms with E-state index in [1.165, 1.54) is 0 Å². The molecular formula is C17H23ClN2O3. The van der Waals surface area contributed by atoms with E-state index in [9.17, 15) is 9.59 Å². The molecule has 1 atom stereocenters. The van der Waals surface area contributed by atoms with E-state index in [4.69, 9.17) is 16.3 Å². The minimum absolute atomic E-state index is 0.0973. The van der Waals surface area contributed by atoms with Crippen LogP contribution >= 0.6 is 11.6 Å². The van der Waals surface area contributed by atoms with E-state index in [-0.39, 0.29) is 24.3 Å². The molecule has 1 saturated heterocycles. The zero-order valence-corrected chi connectivity index (χ0v) is 14.4. The van der Waals surface area contributed by atoms with Crippen molar-refractivity contribution in [2.24, 2.45) is 5.92 Å². The molecule has 1 heterocycles. The van der Waals surface area contributed by atoms with Gasteiger partial charge in [0.25, 0.3) is 0 Å². The number of nitrogens with zero attached hydrogens (tertiary/aromatic N) is 1. The lowest BCUT2D eigenvalue weighted by Gasteiger charge is -2.30. The van der Waals surface area contributed by atoms with E-state index in [1.54, 1.807) is 19.1 Å². The molecule has 1 aliphatic heterocycles. The van der Waals surface area contributed by atoms with Crippen LogP contribution in [0.1, 0.15) is 25.3 Å². The third kappa shape index (κ3) is 5.22. The van der Waals surface area contributed by atoms with E-state index in [0.717, 1.165) is 30.6 Å². The third-order valence-electron chi connectivity index (χ3n) is 3.97. The van der Waals surface area contributed by atoms with Crippen molar-refractivity contribution in [3.8, 4) is 0 Å². The molecule has 2 rings (SSSR count). The van der Waals surface area contributed by atoms with Crippen LogP contribution in [0.25, 0.3) is 0 Å². The van der Waals surface area contributed by atoms with Crippen molar-refractivity contribution in [2.45, 2.75) is 26.7 Å². The number of piperidine rings is 1. The number of anilines is 1. The Morgan fingerprint density at radius 1 is 1.43 bits per heavy atom. The fraction of sp³-hybridized carbons (Fsp3) is 0.529. The Morgan fingerprint density at radius 2 is 2.22 bits per heavy atom. The summed E-state index contributed by atoms with van der Waals surface area (Å²) in [5, 5.41) is 3.48. The minimum atomic E-state index is -0.164. The Bertz CT molecular complexity index is 577. The van der Waals surface area contributed by atoms with E-state index < -0.39 is 0 Å². The van der Waals surface area contributed by atoms with Gasteiger partial charge in [0.1, 0.15) is 0 Å². The summed E-state index contributed by atoms with van der Waals surface area (Å²) in [6.07, 6.45) is 1.72. The van der Waals surface area contributed by atoms with E-state index >= 15 is 0 Å². The molecule has 0 saturated carbocycles. The largest absolute Gasteiger partial charge is 0.466 e. The molecule has 0 radical (unpaired) electrons. The molecular weight excluding hydrogens is 316 g/mol. The minimum Gasteiger partial charge on any atom is -0.466 e. The summed E-state index contributed by atoms with van der Waals surface area (Å²) in [6.45, 7) is 5.77. The third-order valence-corrected chi connectivity index (χ3v) is 4.20. The molecule has 1 N–H and O–H groups in total. The summed E-state index contributed by atoms with van der Waals surface area (Å²) in [6, 6.07) is 5.41. The van der Waals surface area contributed by atoms with Gasteiger partial charge in [0.2, 0.25) is 5.91 Å². The number of benzene rings is 1. The van der Waals surface area contributed by atoms with Crippen LogP contribution in [-0.4, -0.2) is 43.0 Å². The lowest BCUT2D eigenvalue weighted by molar-refractivity contribution is -0.150. The lowest BCUT2D eigenvalue weighted by Crippen LogP contribution is -2.43. The molecule has 126 valence electrons. The lowest BCUT2D eigenvalue weighted by atomic mass is 9.98. The zero-order chi connectivity index (χ0) is 16.8. The van der Waals surface area contributed by atoms with Gasteiger partial charge >= 0.3 is 5.97 Å². The highest BCUT2D eigenvalue weighted by Crippen LogP contribution is 2.21. The molecule has 0 bridgehead atoms. The number of halogens is 1. The van der Waals surface area contributed by atoms with Crippen LogP contribution in [0, 0.1) is 12.8 Å². The van der Waals surface area contributed by atoms with Crippen LogP contribution in [0.2, 0.25) is 5.02 Å². The molecule has 0 aromatic heterocycles. The average molecular weight is 339 g/mol. The normalized spacial score (nSPS) is 18.5. The summed E-state index contributed by atoms with van der Waals surface area (Å²) in [7, 11) is 0. The molecule has 0 aliphatic carbocycles. The number of carbonyl (C=O) groups excluding carboxylic acids is 2. The first-order valence-corrected chi connectivity index (χ1v) is 8.32. The van der Waals surface area contributed by atoms with Crippen molar-refractivity contribution in [1.29, 1.82) is 0 Å². The number of ether oxygens (including phenoxy) is 1. The highest BCUT2D eigenvalue weighted by atomic mass is 35.5. The van der Waals surface area contributed by atoms with E-state index in [1.807, 2.05) is 17.9 Å². The van der Waals surface area contributed by atoms with Gasteiger partial charge in [-0.2, -0.15) is 0 Å². The summed E-state index contributed by atoms with van der Waals surface area (Å²) in [5.74, 6) is -0.396. The molecule has 1 aliphatic rings. The van der Waals surface area contributed by atoms with Gasteiger partial charge in [0.15, 0.2) is 0 Å². The highest BCUT2D eigenvalue weighted by molar-refractivity contribution is 6.31. The first-order chi connectivity index (χ1) is 11.0. The molecule has 1 unspecified atom stereocenters. The molecule has 5 nitrogen and oxygen atoms in total. The number of esters is 1. The second-order valence-corrected chi connectivity index (χ2v) is 6.27. The summed E-state index contributed by atoms with van der Waals surface area (Å²) >= 11 is 5.96. The number of likely N-dealkylation sites (tertiary alicyclic amines) is 1. The van der Waals surface area contributed by atoms with Crippen molar-refractivity contribution in [3.63, 3.8) is 0 Å². The predicted molar refractivity (Wildman–Crippen MR) is 90.6 cm³/mol. The van der Waals surface area contributed by atoms with Crippen molar-refractivity contribution in [3.05, 3.63) is 28.8 Å². The maximum absolute atomic E-state index is 12.2. The van der Waals surface area contributed by atoms with E-state index in [0.29, 0.717) is 18.2 Å². The Hall–Kier alpha value is -1.59. The molecule has 1 amide bonds. The zero-order valence-electron chi connectivity index (χ0n) is 13.6. The van der Waals surface area contributed by atoms with Crippen molar-refractivity contribution in [2.75, 3.05) is 31.6 Å². The second kappa shape index (κ2) is 8.31. The SMILES string of the molecule is CCOC(=O)C1CCCN(CC(=O)Nc2cc(Cl)ccc2C)C1. The number of amides is 1. The Morgan fingerprint density at radius 3 is 2.96 bits per heavy atom. The van der Waals surface area contributed by atoms with Crippen molar-refractivity contribution < 1.29 is 14.3 Å². The Labute approximate surface area is 141 Å². The number of hydrogen-bond donors (Lipinski definition) is 1. The van der Waals surface area contributed by atoms with Gasteiger partial charge in [-0.05, 0) is 50.9 Å². The number of aryl methyl sites for hydroxylation is 1. The standard InChI is InChI=1S/C17H23ClN2O3/c1-3-23-17(22)13-5-4-8-20(10-13)11-16(21)19-15-9-14(18)7-6-12(15)2/h6-7,9,13H,3-5,8,10-11H2,1-2H3,(H,19,21). The monoisotopic (exact) mass is 338 g/mol. The van der Waals surface area contributed by atoms with Crippen LogP contribution in [0.5, 0.6) is 0 Å². The van der Waals surface area contributed by atoms with Gasteiger partial charge in [-0.15, -0.1) is 0 Å². The average Bonchev–Trinajstić information content (AvgIpc) is 2.51. The fourth-order valence-corrected chi connectivity index (χ4v) is 2.95. The summed E-state index contributed by atoms with van der Waals surface area (Å²) in [4.78, 5) is 26.1. The maximum atomic E-state index is 12.2. The molecule has 1 aromatic rings. The Balaban J connectivity index is 1.89. The van der Waals surface area contributed by atoms with Crippen LogP contribution in [-0.2, 0) is 14.3 Å². The van der Waals surface area contributed by atoms with Crippen LogP contribution < -0.4 is 5.32 Å². The number of rotatable bonds is 5. The van der Waals surface area contributed by atoms with Gasteiger partial charge in [-0.25, -0.2) is 0 Å². The maximum Gasteiger partial charge on any atom is 0.310 e. The highest BCUT2D eigenvalue weighted by Gasteiger charge is 2.27. The van der Waals surface area contributed by atoms with E-state index in [2.05, 4.69) is 5.32 Å². The smallest absolute Gasteiger partial charge is 0.310 e. The topological polar surface area (TPSA) is 58.6 Å². The molecule has 6 heteroatoms. The molecule has 23 heavy (non-hydrogen) atoms. The number of carbonyl (C=O) groups is 2. The van der Waals surface area contributed by atoms with Gasteiger partial charge < -0.3 is 10.1 Å². The van der Waals surface area contributed by atoms with Crippen molar-refractivity contribution >= 4 is 29.2 Å². The van der Waals surface area contributed by atoms with Crippen LogP contribution in [0.15, 0.2) is 18.2 Å². The van der Waals surface area contributed by atoms with Gasteiger partial charge in [-0.1, -0.05) is 17.7 Å². The van der Waals surface area contributed by atoms with Crippen LogP contribution in [0.3, 0.4) is 0 Å². The van der Waals surface area contributed by atoms with Gasteiger partial charge in [-0.3, -0.25) is 14.5 Å². The number of hydrogen-bond acceptors (Lipinski definition) is 4.